The van der Waals surface area contributed by atoms with Crippen molar-refractivity contribution < 1.29 is 19.5 Å². The molecule has 0 aromatic heterocycles. The lowest BCUT2D eigenvalue weighted by Crippen LogP contribution is -2.38. The minimum atomic E-state index is -1.08. The van der Waals surface area contributed by atoms with Crippen LogP contribution in [0.1, 0.15) is 62.2 Å². The Bertz CT molecular complexity index is 701. The first kappa shape index (κ1) is 19.4. The molecule has 2 amide bonds. The van der Waals surface area contributed by atoms with E-state index in [0.29, 0.717) is 17.2 Å². The number of aliphatic carboxylic acids is 1. The Morgan fingerprint density at radius 2 is 1.67 bits per heavy atom. The summed E-state index contributed by atoms with van der Waals surface area (Å²) in [6.45, 7) is 1.41. The van der Waals surface area contributed by atoms with Gasteiger partial charge in [0.15, 0.2) is 0 Å². The number of benzene rings is 1. The van der Waals surface area contributed by atoms with E-state index < -0.39 is 17.9 Å². The quantitative estimate of drug-likeness (QED) is 0.738. The number of amides is 2. The summed E-state index contributed by atoms with van der Waals surface area (Å²) in [6.07, 6.45) is 8.31. The highest BCUT2D eigenvalue weighted by Gasteiger charge is 2.34. The first-order chi connectivity index (χ1) is 12.9. The number of hydrogen-bond acceptors (Lipinski definition) is 3. The molecule has 2 saturated carbocycles. The molecule has 2 aliphatic rings. The zero-order valence-electron chi connectivity index (χ0n) is 15.7. The Labute approximate surface area is 159 Å². The van der Waals surface area contributed by atoms with Gasteiger partial charge in [0.05, 0.1) is 0 Å². The average molecular weight is 372 g/mol. The van der Waals surface area contributed by atoms with Gasteiger partial charge in [0.25, 0.3) is 5.91 Å². The van der Waals surface area contributed by atoms with Gasteiger partial charge in [-0.1, -0.05) is 25.7 Å². The molecule has 0 bridgehead atoms. The van der Waals surface area contributed by atoms with Crippen LogP contribution in [-0.4, -0.2) is 28.9 Å². The summed E-state index contributed by atoms with van der Waals surface area (Å²) in [4.78, 5) is 35.5. The SMILES string of the molecule is CC(NC(=O)c1ccc(NC(=O)C2CCC3CCCCC3C2)cc1)C(=O)O. The third-order valence-corrected chi connectivity index (χ3v) is 6.04. The van der Waals surface area contributed by atoms with Crippen molar-refractivity contribution in [1.29, 1.82) is 0 Å². The molecule has 6 heteroatoms. The number of hydrogen-bond donors (Lipinski definition) is 3. The van der Waals surface area contributed by atoms with E-state index in [0.717, 1.165) is 25.2 Å². The van der Waals surface area contributed by atoms with Crippen molar-refractivity contribution in [2.24, 2.45) is 17.8 Å². The zero-order valence-corrected chi connectivity index (χ0v) is 15.7. The van der Waals surface area contributed by atoms with Gasteiger partial charge in [-0.2, -0.15) is 0 Å². The molecule has 4 unspecified atom stereocenters. The fraction of sp³-hybridized carbons (Fsp3) is 0.571. The number of fused-ring (bicyclic) bond motifs is 1. The molecule has 2 aliphatic carbocycles. The van der Waals surface area contributed by atoms with Crippen LogP contribution in [0.2, 0.25) is 0 Å². The van der Waals surface area contributed by atoms with Gasteiger partial charge < -0.3 is 15.7 Å². The molecule has 1 aromatic carbocycles. The van der Waals surface area contributed by atoms with Crippen molar-refractivity contribution in [2.75, 3.05) is 5.32 Å². The van der Waals surface area contributed by atoms with Crippen molar-refractivity contribution >= 4 is 23.5 Å². The van der Waals surface area contributed by atoms with Crippen LogP contribution in [0.4, 0.5) is 5.69 Å². The highest BCUT2D eigenvalue weighted by Crippen LogP contribution is 2.42. The van der Waals surface area contributed by atoms with E-state index in [9.17, 15) is 14.4 Å². The molecule has 27 heavy (non-hydrogen) atoms. The van der Waals surface area contributed by atoms with Crippen LogP contribution in [0.25, 0.3) is 0 Å². The molecule has 4 atom stereocenters. The Morgan fingerprint density at radius 1 is 1.00 bits per heavy atom. The zero-order chi connectivity index (χ0) is 19.4. The molecule has 1 aromatic rings. The minimum absolute atomic E-state index is 0.0655. The van der Waals surface area contributed by atoms with Crippen LogP contribution >= 0.6 is 0 Å². The van der Waals surface area contributed by atoms with Crippen molar-refractivity contribution in [3.05, 3.63) is 29.8 Å². The highest BCUT2D eigenvalue weighted by atomic mass is 16.4. The number of carbonyl (C=O) groups excluding carboxylic acids is 2. The number of rotatable bonds is 5. The number of nitrogens with one attached hydrogen (secondary N) is 2. The second-order valence-corrected chi connectivity index (χ2v) is 7.91. The van der Waals surface area contributed by atoms with Gasteiger partial charge >= 0.3 is 5.97 Å². The highest BCUT2D eigenvalue weighted by molar-refractivity contribution is 5.97. The lowest BCUT2D eigenvalue weighted by Gasteiger charge is -2.38. The molecule has 6 nitrogen and oxygen atoms in total. The summed E-state index contributed by atoms with van der Waals surface area (Å²) < 4.78 is 0. The summed E-state index contributed by atoms with van der Waals surface area (Å²) in [6, 6.07) is 5.61. The molecule has 2 fully saturated rings. The second-order valence-electron chi connectivity index (χ2n) is 7.91. The monoisotopic (exact) mass is 372 g/mol. The van der Waals surface area contributed by atoms with Gasteiger partial charge in [-0.25, -0.2) is 0 Å². The lowest BCUT2D eigenvalue weighted by atomic mass is 9.67. The Hall–Kier alpha value is -2.37. The number of anilines is 1. The van der Waals surface area contributed by atoms with E-state index in [1.54, 1.807) is 24.3 Å². The molecule has 0 spiro atoms. The molecule has 0 aliphatic heterocycles. The summed E-state index contributed by atoms with van der Waals surface area (Å²) in [5.41, 5.74) is 1.03. The van der Waals surface area contributed by atoms with Crippen molar-refractivity contribution in [3.63, 3.8) is 0 Å². The van der Waals surface area contributed by atoms with Gasteiger partial charge in [-0.3, -0.25) is 14.4 Å². The normalized spacial score (nSPS) is 25.7. The standard InChI is InChI=1S/C21H28N2O4/c1-13(21(26)27)22-19(24)15-8-10-18(11-9-15)23-20(25)17-7-6-14-4-2-3-5-16(14)12-17/h8-11,13-14,16-17H,2-7,12H2,1H3,(H,22,24)(H,23,25)(H,26,27). The van der Waals surface area contributed by atoms with Crippen molar-refractivity contribution in [3.8, 4) is 0 Å². The van der Waals surface area contributed by atoms with Crippen LogP contribution in [0.15, 0.2) is 24.3 Å². The van der Waals surface area contributed by atoms with E-state index in [1.807, 2.05) is 0 Å². The summed E-state index contributed by atoms with van der Waals surface area (Å²) in [7, 11) is 0. The van der Waals surface area contributed by atoms with Crippen LogP contribution in [-0.2, 0) is 9.59 Å². The maximum atomic E-state index is 12.6. The van der Waals surface area contributed by atoms with Crippen molar-refractivity contribution in [1.82, 2.24) is 5.32 Å². The third-order valence-electron chi connectivity index (χ3n) is 6.04. The third kappa shape index (κ3) is 4.87. The van der Waals surface area contributed by atoms with E-state index in [4.69, 9.17) is 5.11 Å². The largest absolute Gasteiger partial charge is 0.480 e. The molecule has 3 rings (SSSR count). The Balaban J connectivity index is 1.54. The topological polar surface area (TPSA) is 95.5 Å². The molecule has 0 heterocycles. The average Bonchev–Trinajstić information content (AvgIpc) is 2.68. The maximum absolute atomic E-state index is 12.6. The second kappa shape index (κ2) is 8.55. The molecule has 3 N–H and O–H groups in total. The van der Waals surface area contributed by atoms with E-state index in [-0.39, 0.29) is 11.8 Å². The number of carboxylic acid groups (broad SMARTS) is 1. The van der Waals surface area contributed by atoms with E-state index in [2.05, 4.69) is 10.6 Å². The van der Waals surface area contributed by atoms with Crippen molar-refractivity contribution in [2.45, 2.75) is 57.9 Å². The van der Waals surface area contributed by atoms with Gasteiger partial charge in [0.2, 0.25) is 5.91 Å². The minimum Gasteiger partial charge on any atom is -0.480 e. The smallest absolute Gasteiger partial charge is 0.325 e. The molecule has 0 saturated heterocycles. The number of carbonyl (C=O) groups is 3. The molecule has 146 valence electrons. The Morgan fingerprint density at radius 3 is 2.33 bits per heavy atom. The van der Waals surface area contributed by atoms with Crippen LogP contribution in [0, 0.1) is 17.8 Å². The van der Waals surface area contributed by atoms with Crippen LogP contribution < -0.4 is 10.6 Å². The molecule has 0 radical (unpaired) electrons. The maximum Gasteiger partial charge on any atom is 0.325 e. The van der Waals surface area contributed by atoms with Gasteiger partial charge in [0, 0.05) is 17.2 Å². The van der Waals surface area contributed by atoms with Gasteiger partial charge in [-0.15, -0.1) is 0 Å². The van der Waals surface area contributed by atoms with Gasteiger partial charge in [-0.05, 0) is 62.3 Å². The van der Waals surface area contributed by atoms with E-state index in [1.165, 1.54) is 32.6 Å². The Kier molecular flexibility index (Phi) is 6.14. The summed E-state index contributed by atoms with van der Waals surface area (Å²) >= 11 is 0. The summed E-state index contributed by atoms with van der Waals surface area (Å²) in [5.74, 6) is 0.122. The predicted octanol–water partition coefficient (Wildman–Crippen LogP) is 3.43. The van der Waals surface area contributed by atoms with E-state index >= 15 is 0 Å². The first-order valence-electron chi connectivity index (χ1n) is 9.88. The first-order valence-corrected chi connectivity index (χ1v) is 9.88. The fourth-order valence-electron chi connectivity index (χ4n) is 4.40. The van der Waals surface area contributed by atoms with Gasteiger partial charge in [0.1, 0.15) is 6.04 Å². The lowest BCUT2D eigenvalue weighted by molar-refractivity contribution is -0.138. The number of carboxylic acids is 1. The molecular weight excluding hydrogens is 344 g/mol. The van der Waals surface area contributed by atoms with Crippen LogP contribution in [0.5, 0.6) is 0 Å². The predicted molar refractivity (Wildman–Crippen MR) is 102 cm³/mol. The summed E-state index contributed by atoms with van der Waals surface area (Å²) in [5, 5.41) is 14.2. The fourth-order valence-corrected chi connectivity index (χ4v) is 4.40. The van der Waals surface area contributed by atoms with Crippen LogP contribution in [0.3, 0.4) is 0 Å². The molecular formula is C21H28N2O4.